The number of thiophene rings is 1. The number of methoxy groups -OCH3 is 1. The first-order chi connectivity index (χ1) is 8.58. The van der Waals surface area contributed by atoms with Gasteiger partial charge in [0.25, 0.3) is 5.56 Å². The molecule has 1 atom stereocenters. The summed E-state index contributed by atoms with van der Waals surface area (Å²) in [6, 6.07) is 0. The summed E-state index contributed by atoms with van der Waals surface area (Å²) in [7, 11) is 1.64. The molecule has 0 radical (unpaired) electrons. The fourth-order valence-corrected chi connectivity index (χ4v) is 3.08. The number of hydrogen-bond donors (Lipinski definition) is 1. The second kappa shape index (κ2) is 5.38. The summed E-state index contributed by atoms with van der Waals surface area (Å²) in [6.45, 7) is 4.37. The lowest BCUT2D eigenvalue weighted by molar-refractivity contribution is 0.187. The number of aromatic nitrogens is 2. The molecule has 0 saturated carbocycles. The van der Waals surface area contributed by atoms with E-state index >= 15 is 0 Å². The normalized spacial score (nSPS) is 13.1. The van der Waals surface area contributed by atoms with Crippen molar-refractivity contribution in [3.05, 3.63) is 26.6 Å². The van der Waals surface area contributed by atoms with Gasteiger partial charge in [-0.25, -0.2) is 4.98 Å². The highest BCUT2D eigenvalue weighted by Crippen LogP contribution is 2.29. The minimum absolute atomic E-state index is 0.120. The maximum atomic E-state index is 12.1. The van der Waals surface area contributed by atoms with E-state index in [9.17, 15) is 4.79 Å². The standard InChI is InChI=1S/C12H15ClN2O2S/c1-4-7(13)10-14-11(16)9-6(2)8(5-17-3)18-12(9)15-10/h7H,4-5H2,1-3H3,(H,14,15,16). The smallest absolute Gasteiger partial charge is 0.259 e. The molecule has 0 fully saturated rings. The van der Waals surface area contributed by atoms with Crippen LogP contribution in [0, 0.1) is 6.92 Å². The quantitative estimate of drug-likeness (QED) is 0.879. The van der Waals surface area contributed by atoms with Gasteiger partial charge in [0.15, 0.2) is 0 Å². The molecule has 0 amide bonds. The fourth-order valence-electron chi connectivity index (χ4n) is 1.82. The molecule has 4 nitrogen and oxygen atoms in total. The number of aryl methyl sites for hydroxylation is 1. The summed E-state index contributed by atoms with van der Waals surface area (Å²) in [5, 5.41) is 0.395. The first-order valence-electron chi connectivity index (χ1n) is 5.73. The van der Waals surface area contributed by atoms with Gasteiger partial charge in [0.2, 0.25) is 0 Å². The van der Waals surface area contributed by atoms with E-state index in [0.717, 1.165) is 21.7 Å². The Hall–Kier alpha value is -0.910. The first-order valence-corrected chi connectivity index (χ1v) is 6.99. The number of rotatable bonds is 4. The minimum atomic E-state index is -0.254. The van der Waals surface area contributed by atoms with E-state index in [1.807, 2.05) is 13.8 Å². The average Bonchev–Trinajstić information content (AvgIpc) is 2.66. The number of fused-ring (bicyclic) bond motifs is 1. The van der Waals surface area contributed by atoms with Crippen molar-refractivity contribution in [3.8, 4) is 0 Å². The van der Waals surface area contributed by atoms with Crippen molar-refractivity contribution in [1.82, 2.24) is 9.97 Å². The number of alkyl halides is 1. The summed E-state index contributed by atoms with van der Waals surface area (Å²) < 4.78 is 5.12. The van der Waals surface area contributed by atoms with Crippen molar-refractivity contribution in [1.29, 1.82) is 0 Å². The molecule has 0 spiro atoms. The van der Waals surface area contributed by atoms with Crippen LogP contribution in [0.2, 0.25) is 0 Å². The Morgan fingerprint density at radius 3 is 2.89 bits per heavy atom. The zero-order valence-corrected chi connectivity index (χ0v) is 12.1. The Labute approximate surface area is 114 Å². The molecule has 0 aliphatic heterocycles. The van der Waals surface area contributed by atoms with Gasteiger partial charge >= 0.3 is 0 Å². The molecule has 0 saturated heterocycles. The van der Waals surface area contributed by atoms with E-state index in [1.165, 1.54) is 11.3 Å². The molecule has 18 heavy (non-hydrogen) atoms. The topological polar surface area (TPSA) is 55.0 Å². The van der Waals surface area contributed by atoms with Crippen molar-refractivity contribution in [2.75, 3.05) is 7.11 Å². The lowest BCUT2D eigenvalue weighted by Crippen LogP contribution is -2.12. The number of nitrogens with one attached hydrogen (secondary N) is 1. The van der Waals surface area contributed by atoms with Gasteiger partial charge in [-0.2, -0.15) is 0 Å². The molecular weight excluding hydrogens is 272 g/mol. The van der Waals surface area contributed by atoms with Gasteiger partial charge in [0.05, 0.1) is 17.4 Å². The number of H-pyrrole nitrogens is 1. The molecule has 1 N–H and O–H groups in total. The monoisotopic (exact) mass is 286 g/mol. The predicted molar refractivity (Wildman–Crippen MR) is 74.6 cm³/mol. The van der Waals surface area contributed by atoms with E-state index < -0.39 is 0 Å². The van der Waals surface area contributed by atoms with E-state index in [-0.39, 0.29) is 10.9 Å². The number of hydrogen-bond acceptors (Lipinski definition) is 4. The fraction of sp³-hybridized carbons (Fsp3) is 0.500. The third-order valence-corrected chi connectivity index (χ3v) is 4.52. The third kappa shape index (κ3) is 2.30. The average molecular weight is 287 g/mol. The summed E-state index contributed by atoms with van der Waals surface area (Å²) in [5.41, 5.74) is 0.824. The lowest BCUT2D eigenvalue weighted by atomic mass is 10.2. The van der Waals surface area contributed by atoms with E-state index in [0.29, 0.717) is 17.8 Å². The molecule has 2 rings (SSSR count). The molecule has 1 unspecified atom stereocenters. The van der Waals surface area contributed by atoms with Gasteiger partial charge in [-0.1, -0.05) is 6.92 Å². The Balaban J connectivity index is 2.63. The van der Waals surface area contributed by atoms with E-state index in [1.54, 1.807) is 7.11 Å². The molecule has 0 aromatic carbocycles. The second-order valence-corrected chi connectivity index (χ2v) is 5.70. The lowest BCUT2D eigenvalue weighted by Gasteiger charge is -2.04. The van der Waals surface area contributed by atoms with Crippen molar-refractivity contribution in [2.45, 2.75) is 32.3 Å². The summed E-state index contributed by atoms with van der Waals surface area (Å²) in [5.74, 6) is 0.543. The third-order valence-electron chi connectivity index (χ3n) is 2.85. The van der Waals surface area contributed by atoms with Crippen LogP contribution in [0.15, 0.2) is 4.79 Å². The van der Waals surface area contributed by atoms with Crippen molar-refractivity contribution in [3.63, 3.8) is 0 Å². The highest BCUT2D eigenvalue weighted by atomic mass is 35.5. The Morgan fingerprint density at radius 1 is 1.56 bits per heavy atom. The number of aromatic amines is 1. The van der Waals surface area contributed by atoms with Crippen molar-refractivity contribution in [2.24, 2.45) is 0 Å². The van der Waals surface area contributed by atoms with Crippen LogP contribution < -0.4 is 5.56 Å². The van der Waals surface area contributed by atoms with Crippen molar-refractivity contribution < 1.29 is 4.74 Å². The zero-order chi connectivity index (χ0) is 13.3. The van der Waals surface area contributed by atoms with E-state index in [2.05, 4.69) is 9.97 Å². The molecule has 0 bridgehead atoms. The van der Waals surface area contributed by atoms with Crippen LogP contribution in [0.25, 0.3) is 10.2 Å². The number of nitrogens with zero attached hydrogens (tertiary/aromatic N) is 1. The van der Waals surface area contributed by atoms with Crippen LogP contribution in [-0.2, 0) is 11.3 Å². The molecular formula is C12H15ClN2O2S. The van der Waals surface area contributed by atoms with Gasteiger partial charge in [0, 0.05) is 12.0 Å². The van der Waals surface area contributed by atoms with Crippen LogP contribution in [0.4, 0.5) is 0 Å². The maximum absolute atomic E-state index is 12.1. The molecule has 2 aromatic heterocycles. The zero-order valence-electron chi connectivity index (χ0n) is 10.5. The highest BCUT2D eigenvalue weighted by molar-refractivity contribution is 7.18. The van der Waals surface area contributed by atoms with Gasteiger partial charge in [-0.05, 0) is 18.9 Å². The van der Waals surface area contributed by atoms with Crippen LogP contribution >= 0.6 is 22.9 Å². The predicted octanol–water partition coefficient (Wildman–Crippen LogP) is 3.13. The molecule has 2 aromatic rings. The molecule has 2 heterocycles. The summed E-state index contributed by atoms with van der Waals surface area (Å²) >= 11 is 7.61. The molecule has 98 valence electrons. The number of ether oxygens (including phenoxy) is 1. The van der Waals surface area contributed by atoms with Crippen LogP contribution in [0.3, 0.4) is 0 Å². The SMILES string of the molecule is CCC(Cl)c1nc2sc(COC)c(C)c2c(=O)[nH]1. The summed E-state index contributed by atoms with van der Waals surface area (Å²) in [6.07, 6.45) is 0.727. The molecule has 0 aliphatic carbocycles. The summed E-state index contributed by atoms with van der Waals surface area (Å²) in [4.78, 5) is 21.0. The van der Waals surface area contributed by atoms with Crippen molar-refractivity contribution >= 4 is 33.2 Å². The van der Waals surface area contributed by atoms with E-state index in [4.69, 9.17) is 16.3 Å². The van der Waals surface area contributed by atoms with Crippen LogP contribution in [0.5, 0.6) is 0 Å². The highest BCUT2D eigenvalue weighted by Gasteiger charge is 2.16. The largest absolute Gasteiger partial charge is 0.379 e. The molecule has 0 aliphatic rings. The van der Waals surface area contributed by atoms with Gasteiger partial charge < -0.3 is 9.72 Å². The van der Waals surface area contributed by atoms with Gasteiger partial charge in [-0.15, -0.1) is 22.9 Å². The van der Waals surface area contributed by atoms with Crippen LogP contribution in [0.1, 0.15) is 35.0 Å². The number of halogens is 1. The first kappa shape index (κ1) is 13.5. The molecule has 6 heteroatoms. The Kier molecular flexibility index (Phi) is 4.04. The minimum Gasteiger partial charge on any atom is -0.379 e. The second-order valence-electron chi connectivity index (χ2n) is 4.09. The Morgan fingerprint density at radius 2 is 2.28 bits per heavy atom. The maximum Gasteiger partial charge on any atom is 0.259 e. The Bertz CT molecular complexity index is 620. The van der Waals surface area contributed by atoms with Gasteiger partial charge in [-0.3, -0.25) is 4.79 Å². The van der Waals surface area contributed by atoms with Gasteiger partial charge in [0.1, 0.15) is 10.7 Å². The van der Waals surface area contributed by atoms with Crippen LogP contribution in [-0.4, -0.2) is 17.1 Å².